The molecule has 2 amide bonds. The van der Waals surface area contributed by atoms with Crippen molar-refractivity contribution in [1.82, 2.24) is 20.2 Å². The minimum Gasteiger partial charge on any atom is -0.489 e. The summed E-state index contributed by atoms with van der Waals surface area (Å²) in [6, 6.07) is 22.7. The van der Waals surface area contributed by atoms with Gasteiger partial charge in [0.05, 0.1) is 5.02 Å². The fourth-order valence-corrected chi connectivity index (χ4v) is 7.90. The number of hydrogen-bond acceptors (Lipinski definition) is 9. The third-order valence-corrected chi connectivity index (χ3v) is 11.5. The summed E-state index contributed by atoms with van der Waals surface area (Å²) in [5, 5.41) is 13.0. The average Bonchev–Trinajstić information content (AvgIpc) is 3.60. The number of rotatable bonds is 11. The minimum atomic E-state index is -1.28. The van der Waals surface area contributed by atoms with E-state index in [1.54, 1.807) is 44.3 Å². The number of aromatic nitrogens is 2. The van der Waals surface area contributed by atoms with Gasteiger partial charge in [0, 0.05) is 43.8 Å². The van der Waals surface area contributed by atoms with Crippen LogP contribution in [0.3, 0.4) is 0 Å². The summed E-state index contributed by atoms with van der Waals surface area (Å²) in [5.74, 6) is -0.811. The van der Waals surface area contributed by atoms with Crippen molar-refractivity contribution in [3.8, 4) is 28.4 Å². The number of nitrogens with one attached hydrogen (secondary N) is 1. The first-order valence-electron chi connectivity index (χ1n) is 19.7. The zero-order valence-corrected chi connectivity index (χ0v) is 34.6. The topological polar surface area (TPSA) is 153 Å². The van der Waals surface area contributed by atoms with Crippen LogP contribution in [0.5, 0.6) is 17.2 Å². The largest absolute Gasteiger partial charge is 0.489 e. The number of benzene rings is 4. The standard InChI is InChI=1S/C47H42ClFN4O8/c1-25-26(2)50-17-16-36(25)30-10-8-29(9-11-30)18-38(47(56)57)52-45(54)39-19-33-20-40-41(21-34(33)22-53(39)46(55)44-27(3)60-28(4)51-44)61-42(24-59-40)31-12-14-35(15-13-31)58-23-32-6-5-7-37(48)43(32)49/h5-17,20-21,38-39,42H,18-19,22-24H2,1-4H3,(H,52,54)(H,56,57)/t38-,39-,42+/m0/s1. The summed E-state index contributed by atoms with van der Waals surface area (Å²) in [4.78, 5) is 51.1. The van der Waals surface area contributed by atoms with E-state index in [-0.39, 0.29) is 43.3 Å². The summed E-state index contributed by atoms with van der Waals surface area (Å²) >= 11 is 5.91. The molecule has 312 valence electrons. The van der Waals surface area contributed by atoms with Crippen LogP contribution < -0.4 is 19.5 Å². The number of amides is 2. The van der Waals surface area contributed by atoms with E-state index < -0.39 is 41.8 Å². The molecule has 4 aromatic carbocycles. The number of carboxylic acids is 1. The third kappa shape index (κ3) is 8.64. The number of fused-ring (bicyclic) bond motifs is 2. The molecule has 2 aliphatic rings. The van der Waals surface area contributed by atoms with E-state index in [9.17, 15) is 23.9 Å². The fraction of sp³-hybridized carbons (Fsp3) is 0.255. The van der Waals surface area contributed by atoms with Crippen LogP contribution in [0, 0.1) is 33.5 Å². The van der Waals surface area contributed by atoms with E-state index in [2.05, 4.69) is 15.3 Å². The van der Waals surface area contributed by atoms with Gasteiger partial charge >= 0.3 is 5.97 Å². The van der Waals surface area contributed by atoms with E-state index in [0.717, 1.165) is 39.1 Å². The van der Waals surface area contributed by atoms with Crippen molar-refractivity contribution in [3.05, 3.63) is 158 Å². The Hall–Kier alpha value is -6.73. The van der Waals surface area contributed by atoms with Crippen LogP contribution in [0.2, 0.25) is 5.02 Å². The van der Waals surface area contributed by atoms with Crippen LogP contribution in [0.4, 0.5) is 4.39 Å². The molecule has 12 nitrogen and oxygen atoms in total. The van der Waals surface area contributed by atoms with Gasteiger partial charge in [-0.15, -0.1) is 0 Å². The number of nitrogens with zero attached hydrogens (tertiary/aromatic N) is 3. The molecule has 0 saturated heterocycles. The van der Waals surface area contributed by atoms with Gasteiger partial charge in [-0.2, -0.15) is 0 Å². The highest BCUT2D eigenvalue weighted by molar-refractivity contribution is 6.30. The molecule has 0 unspecified atom stereocenters. The van der Waals surface area contributed by atoms with E-state index in [1.165, 1.54) is 11.0 Å². The summed E-state index contributed by atoms with van der Waals surface area (Å²) < 4.78 is 38.3. The van der Waals surface area contributed by atoms with Gasteiger partial charge in [-0.25, -0.2) is 14.2 Å². The number of carboxylic acid groups (broad SMARTS) is 1. The summed E-state index contributed by atoms with van der Waals surface area (Å²) in [6.07, 6.45) is 1.38. The normalized spacial score (nSPS) is 16.1. The maximum Gasteiger partial charge on any atom is 0.326 e. The molecular formula is C47H42ClFN4O8. The molecule has 0 bridgehead atoms. The number of pyridine rings is 1. The zero-order chi connectivity index (χ0) is 42.9. The Labute approximate surface area is 356 Å². The molecule has 2 N–H and O–H groups in total. The molecule has 14 heteroatoms. The lowest BCUT2D eigenvalue weighted by Crippen LogP contribution is -2.56. The molecule has 0 aliphatic carbocycles. The zero-order valence-electron chi connectivity index (χ0n) is 33.8. The summed E-state index contributed by atoms with van der Waals surface area (Å²) in [5.41, 5.74) is 7.39. The highest BCUT2D eigenvalue weighted by Crippen LogP contribution is 2.41. The number of ether oxygens (including phenoxy) is 3. The van der Waals surface area contributed by atoms with E-state index in [0.29, 0.717) is 40.0 Å². The highest BCUT2D eigenvalue weighted by atomic mass is 35.5. The quantitative estimate of drug-likeness (QED) is 0.130. The fourth-order valence-electron chi connectivity index (χ4n) is 7.70. The molecule has 8 rings (SSSR count). The first-order chi connectivity index (χ1) is 29.3. The molecular weight excluding hydrogens is 803 g/mol. The van der Waals surface area contributed by atoms with E-state index >= 15 is 0 Å². The Kier molecular flexibility index (Phi) is 11.5. The molecule has 2 aliphatic heterocycles. The molecule has 0 saturated carbocycles. The van der Waals surface area contributed by atoms with Crippen molar-refractivity contribution in [3.63, 3.8) is 0 Å². The monoisotopic (exact) mass is 844 g/mol. The van der Waals surface area contributed by atoms with Crippen molar-refractivity contribution in [2.75, 3.05) is 6.61 Å². The number of hydrogen-bond donors (Lipinski definition) is 2. The Balaban J connectivity index is 0.996. The smallest absolute Gasteiger partial charge is 0.326 e. The molecule has 6 aromatic rings. The molecule has 61 heavy (non-hydrogen) atoms. The van der Waals surface area contributed by atoms with Crippen LogP contribution in [-0.2, 0) is 35.6 Å². The predicted octanol–water partition coefficient (Wildman–Crippen LogP) is 8.23. The summed E-state index contributed by atoms with van der Waals surface area (Å²) in [7, 11) is 0. The van der Waals surface area contributed by atoms with Crippen LogP contribution in [0.15, 0.2) is 95.5 Å². The molecule has 0 spiro atoms. The minimum absolute atomic E-state index is 0.00522. The Morgan fingerprint density at radius 3 is 2.46 bits per heavy atom. The first-order valence-corrected chi connectivity index (χ1v) is 20.1. The number of carbonyl (C=O) groups is 3. The first kappa shape index (κ1) is 41.0. The van der Waals surface area contributed by atoms with Gasteiger partial charge in [-0.3, -0.25) is 14.6 Å². The Bertz CT molecular complexity index is 2650. The molecule has 0 radical (unpaired) electrons. The van der Waals surface area contributed by atoms with Crippen molar-refractivity contribution >= 4 is 29.4 Å². The summed E-state index contributed by atoms with van der Waals surface area (Å²) in [6.45, 7) is 7.42. The molecule has 3 atom stereocenters. The molecule has 0 fully saturated rings. The second kappa shape index (κ2) is 17.1. The van der Waals surface area contributed by atoms with Crippen molar-refractivity contribution in [1.29, 1.82) is 0 Å². The van der Waals surface area contributed by atoms with Crippen LogP contribution in [0.1, 0.15) is 67.3 Å². The lowest BCUT2D eigenvalue weighted by Gasteiger charge is -2.37. The second-order valence-corrected chi connectivity index (χ2v) is 15.6. The van der Waals surface area contributed by atoms with Crippen molar-refractivity contribution in [2.45, 2.75) is 71.9 Å². The number of aliphatic carboxylic acids is 1. The van der Waals surface area contributed by atoms with Gasteiger partial charge in [0.1, 0.15) is 42.6 Å². The van der Waals surface area contributed by atoms with Crippen molar-refractivity contribution in [2.24, 2.45) is 0 Å². The third-order valence-electron chi connectivity index (χ3n) is 11.2. The van der Waals surface area contributed by atoms with Gasteiger partial charge in [0.25, 0.3) is 5.91 Å². The van der Waals surface area contributed by atoms with Gasteiger partial charge in [0.2, 0.25) is 5.91 Å². The molecule has 4 heterocycles. The van der Waals surface area contributed by atoms with E-state index in [4.69, 9.17) is 30.2 Å². The number of aryl methyl sites for hydroxylation is 3. The SMILES string of the molecule is Cc1nc(C(=O)N2Cc3cc4c(cc3C[C@H]2C(=O)N[C@@H](Cc2ccc(-c3ccnc(C)c3C)cc2)C(=O)O)OC[C@H](c2ccc(OCc3cccc(Cl)c3F)cc2)O4)c(C)o1. The number of carbonyl (C=O) groups excluding carboxylic acids is 2. The number of halogens is 2. The predicted molar refractivity (Wildman–Crippen MR) is 223 cm³/mol. The lowest BCUT2D eigenvalue weighted by atomic mass is 9.91. The lowest BCUT2D eigenvalue weighted by molar-refractivity contribution is -0.142. The highest BCUT2D eigenvalue weighted by Gasteiger charge is 2.39. The second-order valence-electron chi connectivity index (χ2n) is 15.2. The Morgan fingerprint density at radius 2 is 1.74 bits per heavy atom. The van der Waals surface area contributed by atoms with Gasteiger partial charge in [-0.1, -0.05) is 60.1 Å². The Morgan fingerprint density at radius 1 is 0.984 bits per heavy atom. The number of oxazole rings is 1. The molecule has 2 aromatic heterocycles. The van der Waals surface area contributed by atoms with Crippen LogP contribution >= 0.6 is 11.6 Å². The van der Waals surface area contributed by atoms with Crippen LogP contribution in [0.25, 0.3) is 11.1 Å². The van der Waals surface area contributed by atoms with Gasteiger partial charge < -0.3 is 34.0 Å². The maximum atomic E-state index is 14.3. The maximum absolute atomic E-state index is 14.3. The van der Waals surface area contributed by atoms with E-state index in [1.807, 2.05) is 68.4 Å². The van der Waals surface area contributed by atoms with Crippen LogP contribution in [-0.4, -0.2) is 56.4 Å². The van der Waals surface area contributed by atoms with Gasteiger partial charge in [0.15, 0.2) is 29.2 Å². The van der Waals surface area contributed by atoms with Crippen molar-refractivity contribution < 1.29 is 42.5 Å². The average molecular weight is 845 g/mol. The van der Waals surface area contributed by atoms with Gasteiger partial charge in [-0.05, 0) is 96.1 Å².